The van der Waals surface area contributed by atoms with Crippen molar-refractivity contribution in [2.75, 3.05) is 5.32 Å². The van der Waals surface area contributed by atoms with E-state index in [1.54, 1.807) is 12.3 Å². The van der Waals surface area contributed by atoms with Crippen molar-refractivity contribution in [3.8, 4) is 11.3 Å². The van der Waals surface area contributed by atoms with E-state index in [4.69, 9.17) is 16.0 Å². The molecule has 6 nitrogen and oxygen atoms in total. The van der Waals surface area contributed by atoms with Crippen LogP contribution >= 0.6 is 11.6 Å². The number of aryl methyl sites for hydroxylation is 3. The number of rotatable bonds is 4. The summed E-state index contributed by atoms with van der Waals surface area (Å²) in [6.07, 6.45) is 3.73. The van der Waals surface area contributed by atoms with Gasteiger partial charge in [-0.25, -0.2) is 4.98 Å². The van der Waals surface area contributed by atoms with Crippen molar-refractivity contribution < 1.29 is 4.42 Å². The largest absolute Gasteiger partial charge is 0.455 e. The lowest BCUT2D eigenvalue weighted by Crippen LogP contribution is -2.13. The lowest BCUT2D eigenvalue weighted by Gasteiger charge is -2.19. The van der Waals surface area contributed by atoms with Gasteiger partial charge < -0.3 is 14.3 Å². The second-order valence-corrected chi connectivity index (χ2v) is 9.19. The zero-order chi connectivity index (χ0) is 24.1. The highest BCUT2D eigenvalue weighted by molar-refractivity contribution is 6.29. The van der Waals surface area contributed by atoms with Crippen molar-refractivity contribution in [1.29, 1.82) is 0 Å². The number of hydrogen-bond acceptors (Lipinski definition) is 5. The van der Waals surface area contributed by atoms with E-state index in [0.29, 0.717) is 27.4 Å². The summed E-state index contributed by atoms with van der Waals surface area (Å²) in [6.45, 7) is 7.74. The minimum atomic E-state index is -0.142. The van der Waals surface area contributed by atoms with Gasteiger partial charge in [-0.05, 0) is 63.6 Å². The molecule has 5 aromatic rings. The quantitative estimate of drug-likeness (QED) is 0.302. The van der Waals surface area contributed by atoms with E-state index < -0.39 is 0 Å². The summed E-state index contributed by atoms with van der Waals surface area (Å²) in [5.74, 6) is 0.537. The molecule has 0 bridgehead atoms. The van der Waals surface area contributed by atoms with Gasteiger partial charge >= 0.3 is 0 Å². The minimum absolute atomic E-state index is 0.0373. The predicted molar refractivity (Wildman–Crippen MR) is 138 cm³/mol. The summed E-state index contributed by atoms with van der Waals surface area (Å²) in [7, 11) is 1.97. The van der Waals surface area contributed by atoms with Crippen LogP contribution in [-0.4, -0.2) is 14.5 Å². The zero-order valence-corrected chi connectivity index (χ0v) is 20.5. The van der Waals surface area contributed by atoms with E-state index in [-0.39, 0.29) is 11.5 Å². The summed E-state index contributed by atoms with van der Waals surface area (Å²) in [5, 5.41) is 4.52. The lowest BCUT2D eigenvalue weighted by atomic mass is 9.99. The first-order chi connectivity index (χ1) is 16.2. The van der Waals surface area contributed by atoms with Gasteiger partial charge in [-0.1, -0.05) is 17.7 Å². The standard InChI is InChI=1S/C27H25ClN4O2/c1-14-10-19(16(3)30-21-6-7-24(28)31-17(21)4)27-20(11-14)25(33)15(2)26(34-27)18-12-23-22(29-13-18)8-9-32(23)5/h6-13,16,30H,1-5H3/t16-/m1/s1. The van der Waals surface area contributed by atoms with Crippen LogP contribution in [0.15, 0.2) is 58.0 Å². The van der Waals surface area contributed by atoms with Gasteiger partial charge in [0.15, 0.2) is 5.43 Å². The lowest BCUT2D eigenvalue weighted by molar-refractivity contribution is 0.605. The number of benzene rings is 1. The van der Waals surface area contributed by atoms with Gasteiger partial charge in [-0.3, -0.25) is 9.78 Å². The van der Waals surface area contributed by atoms with E-state index in [1.165, 1.54) is 0 Å². The van der Waals surface area contributed by atoms with Gasteiger partial charge in [0.2, 0.25) is 0 Å². The topological polar surface area (TPSA) is 73.0 Å². The van der Waals surface area contributed by atoms with Gasteiger partial charge in [0, 0.05) is 36.1 Å². The fraction of sp³-hybridized carbons (Fsp3) is 0.222. The number of fused-ring (bicyclic) bond motifs is 2. The van der Waals surface area contributed by atoms with Crippen LogP contribution in [0.3, 0.4) is 0 Å². The van der Waals surface area contributed by atoms with Crippen LogP contribution in [-0.2, 0) is 7.05 Å². The van der Waals surface area contributed by atoms with Crippen molar-refractivity contribution >= 4 is 39.3 Å². The summed E-state index contributed by atoms with van der Waals surface area (Å²) in [6, 6.07) is 11.4. The number of pyridine rings is 2. The van der Waals surface area contributed by atoms with E-state index >= 15 is 0 Å². The molecule has 34 heavy (non-hydrogen) atoms. The van der Waals surface area contributed by atoms with Gasteiger partial charge in [-0.2, -0.15) is 0 Å². The third-order valence-electron chi connectivity index (χ3n) is 6.28. The number of halogens is 1. The molecule has 1 aromatic carbocycles. The van der Waals surface area contributed by atoms with Crippen LogP contribution in [0.4, 0.5) is 5.69 Å². The van der Waals surface area contributed by atoms with Gasteiger partial charge in [0.05, 0.1) is 33.8 Å². The number of anilines is 1. The Morgan fingerprint density at radius 2 is 1.91 bits per heavy atom. The van der Waals surface area contributed by atoms with Crippen LogP contribution in [0.1, 0.15) is 35.3 Å². The first-order valence-corrected chi connectivity index (χ1v) is 11.5. The highest BCUT2D eigenvalue weighted by Crippen LogP contribution is 2.33. The molecule has 0 saturated carbocycles. The first kappa shape index (κ1) is 22.2. The predicted octanol–water partition coefficient (Wildman–Crippen LogP) is 6.49. The molecule has 4 aromatic heterocycles. The molecule has 0 unspecified atom stereocenters. The first-order valence-electron chi connectivity index (χ1n) is 11.1. The number of nitrogens with zero attached hydrogens (tertiary/aromatic N) is 3. The molecular formula is C27H25ClN4O2. The summed E-state index contributed by atoms with van der Waals surface area (Å²) < 4.78 is 8.50. The van der Waals surface area contributed by atoms with E-state index in [1.807, 2.05) is 69.8 Å². The Hall–Kier alpha value is -3.64. The van der Waals surface area contributed by atoms with Crippen LogP contribution in [0.25, 0.3) is 33.3 Å². The summed E-state index contributed by atoms with van der Waals surface area (Å²) in [5.41, 5.74) is 7.32. The van der Waals surface area contributed by atoms with E-state index in [9.17, 15) is 4.79 Å². The molecule has 0 fully saturated rings. The van der Waals surface area contributed by atoms with Crippen LogP contribution < -0.4 is 10.7 Å². The third kappa shape index (κ3) is 3.74. The normalized spacial score (nSPS) is 12.4. The molecule has 5 rings (SSSR count). The average molecular weight is 473 g/mol. The highest BCUT2D eigenvalue weighted by Gasteiger charge is 2.20. The molecule has 1 atom stereocenters. The van der Waals surface area contributed by atoms with Crippen molar-refractivity contribution in [2.45, 2.75) is 33.7 Å². The molecule has 0 aliphatic heterocycles. The molecule has 172 valence electrons. The maximum Gasteiger partial charge on any atom is 0.196 e. The van der Waals surface area contributed by atoms with Gasteiger partial charge in [0.25, 0.3) is 0 Å². The van der Waals surface area contributed by atoms with Crippen molar-refractivity contribution in [3.63, 3.8) is 0 Å². The Balaban J connectivity index is 1.68. The smallest absolute Gasteiger partial charge is 0.196 e. The molecule has 4 heterocycles. The number of nitrogens with one attached hydrogen (secondary N) is 1. The number of hydrogen-bond donors (Lipinski definition) is 1. The number of aromatic nitrogens is 3. The van der Waals surface area contributed by atoms with Gasteiger partial charge in [-0.15, -0.1) is 0 Å². The van der Waals surface area contributed by atoms with E-state index in [0.717, 1.165) is 39.1 Å². The Bertz CT molecular complexity index is 1630. The summed E-state index contributed by atoms with van der Waals surface area (Å²) in [4.78, 5) is 22.3. The molecule has 0 amide bonds. The molecule has 7 heteroatoms. The molecule has 0 saturated heterocycles. The van der Waals surface area contributed by atoms with Crippen molar-refractivity contribution in [1.82, 2.24) is 14.5 Å². The monoisotopic (exact) mass is 472 g/mol. The van der Waals surface area contributed by atoms with Crippen molar-refractivity contribution in [3.05, 3.63) is 86.6 Å². The molecule has 1 N–H and O–H groups in total. The average Bonchev–Trinajstić information content (AvgIpc) is 3.18. The third-order valence-corrected chi connectivity index (χ3v) is 6.49. The Morgan fingerprint density at radius 1 is 1.12 bits per heavy atom. The summed E-state index contributed by atoms with van der Waals surface area (Å²) >= 11 is 6.02. The highest BCUT2D eigenvalue weighted by atomic mass is 35.5. The van der Waals surface area contributed by atoms with Gasteiger partial charge in [0.1, 0.15) is 16.5 Å². The Labute approximate surface area is 202 Å². The Morgan fingerprint density at radius 3 is 2.68 bits per heavy atom. The maximum atomic E-state index is 13.4. The van der Waals surface area contributed by atoms with Crippen molar-refractivity contribution in [2.24, 2.45) is 7.05 Å². The second-order valence-electron chi connectivity index (χ2n) is 8.80. The zero-order valence-electron chi connectivity index (χ0n) is 19.7. The van der Waals surface area contributed by atoms with Crippen LogP contribution in [0, 0.1) is 20.8 Å². The maximum absolute atomic E-state index is 13.4. The Kier molecular flexibility index (Phi) is 5.41. The van der Waals surface area contributed by atoms with Crippen LogP contribution in [0.5, 0.6) is 0 Å². The molecule has 0 aliphatic rings. The molecule has 0 aliphatic carbocycles. The molecule has 0 radical (unpaired) electrons. The molecule has 0 spiro atoms. The SMILES string of the molecule is Cc1cc([C@@H](C)Nc2ccc(Cl)nc2C)c2oc(-c3cnc4ccn(C)c4c3)c(C)c(=O)c2c1. The van der Waals surface area contributed by atoms with Crippen LogP contribution in [0.2, 0.25) is 5.15 Å². The molecular weight excluding hydrogens is 448 g/mol. The minimum Gasteiger partial charge on any atom is -0.455 e. The second kappa shape index (κ2) is 8.29. The fourth-order valence-electron chi connectivity index (χ4n) is 4.42. The fourth-order valence-corrected chi connectivity index (χ4v) is 4.61. The van der Waals surface area contributed by atoms with E-state index in [2.05, 4.69) is 21.4 Å².